The Bertz CT molecular complexity index is 384. The largest absolute Gasteiger partial charge is 0.501 e. The lowest BCUT2D eigenvalue weighted by molar-refractivity contribution is 0.443. The summed E-state index contributed by atoms with van der Waals surface area (Å²) < 4.78 is 4.00. The molecule has 2 heteroatoms. The van der Waals surface area contributed by atoms with Crippen molar-refractivity contribution in [2.75, 3.05) is 0 Å². The average Bonchev–Trinajstić information content (AvgIpc) is 2.06. The average molecular weight is 144 g/mol. The molecular weight excluding hydrogens is 138 g/mol. The van der Waals surface area contributed by atoms with Crippen molar-refractivity contribution in [1.29, 1.82) is 0 Å². The van der Waals surface area contributed by atoms with Crippen LogP contribution in [0.2, 0.25) is 0 Å². The third-order valence-electron chi connectivity index (χ3n) is 1.53. The molecule has 1 aliphatic heterocycles. The molecule has 52 valence electrons. The lowest BCUT2D eigenvalue weighted by atomic mass is 10.1. The molecule has 0 aromatic heterocycles. The third-order valence-corrected chi connectivity index (χ3v) is 1.53. The third kappa shape index (κ3) is 0.870. The summed E-state index contributed by atoms with van der Waals surface area (Å²) in [6, 6.07) is 0. The van der Waals surface area contributed by atoms with Gasteiger partial charge in [0, 0.05) is 6.08 Å². The Kier molecular flexibility index (Phi) is 1.16. The summed E-state index contributed by atoms with van der Waals surface area (Å²) in [5.74, 6) is 0.208. The normalized spacial score (nSPS) is 18.7. The second-order valence-corrected chi connectivity index (χ2v) is 2.26. The fourth-order valence-corrected chi connectivity index (χ4v) is 1.02. The molecule has 2 rings (SSSR count). The van der Waals surface area contributed by atoms with Crippen LogP contribution in [0.3, 0.4) is 0 Å². The lowest BCUT2D eigenvalue weighted by Gasteiger charge is -1.96. The van der Waals surface area contributed by atoms with Gasteiger partial charge in [-0.15, -0.1) is 5.73 Å². The molecule has 0 atom stereocenters. The topological polar surface area (TPSA) is 34.3 Å². The Hall–Kier alpha value is -1.75. The summed E-state index contributed by atoms with van der Waals surface area (Å²) in [6.07, 6.45) is 8.59. The number of hydrogen-bond donors (Lipinski definition) is 1. The Balaban J connectivity index is 2.71. The molecule has 0 aromatic rings. The van der Waals surface area contributed by atoms with E-state index in [4.69, 9.17) is 0 Å². The summed E-state index contributed by atoms with van der Waals surface area (Å²) >= 11 is 0. The van der Waals surface area contributed by atoms with Crippen LogP contribution < -0.4 is 4.67 Å². The van der Waals surface area contributed by atoms with Crippen LogP contribution in [-0.4, -0.2) is 17.0 Å². The van der Waals surface area contributed by atoms with Gasteiger partial charge in [-0.3, -0.25) is 0 Å². The van der Waals surface area contributed by atoms with Gasteiger partial charge >= 0.3 is 5.71 Å². The molecule has 1 heterocycles. The first-order chi connectivity index (χ1) is 5.38. The highest BCUT2D eigenvalue weighted by atomic mass is 16.3. The number of fused-ring (bicyclic) bond motifs is 1. The number of nitrogens with zero attached hydrogens (tertiary/aromatic N) is 1. The van der Waals surface area contributed by atoms with Crippen molar-refractivity contribution in [3.63, 3.8) is 0 Å². The number of aliphatic hydroxyl groups excluding tert-OH is 1. The molecule has 2 nitrogen and oxygen atoms in total. The first kappa shape index (κ1) is 5.99. The summed E-state index contributed by atoms with van der Waals surface area (Å²) in [7, 11) is 0. The molecule has 0 bridgehead atoms. The summed E-state index contributed by atoms with van der Waals surface area (Å²) in [6.45, 7) is 0. The van der Waals surface area contributed by atoms with E-state index in [1.807, 2.05) is 12.2 Å². The van der Waals surface area contributed by atoms with E-state index in [1.165, 1.54) is 0 Å². The molecular formula is C9H6NO+. The standard InChI is InChI=1S/C9H5NO/c11-8-5-1-3-7-4-2-6-10-9(7)8/h1-2,4-6H/p+1. The Labute approximate surface area is 63.9 Å². The van der Waals surface area contributed by atoms with Crippen LogP contribution in [0, 0.1) is 0 Å². The molecule has 0 saturated heterocycles. The summed E-state index contributed by atoms with van der Waals surface area (Å²) in [5.41, 5.74) is 4.42. The maximum atomic E-state index is 9.29. The molecule has 0 spiro atoms. The monoisotopic (exact) mass is 144 g/mol. The van der Waals surface area contributed by atoms with Gasteiger partial charge in [-0.1, -0.05) is 4.67 Å². The molecule has 1 N–H and O–H groups in total. The van der Waals surface area contributed by atoms with Crippen LogP contribution >= 0.6 is 0 Å². The molecule has 0 radical (unpaired) electrons. The molecule has 11 heavy (non-hydrogen) atoms. The van der Waals surface area contributed by atoms with E-state index in [1.54, 1.807) is 18.4 Å². The highest BCUT2D eigenvalue weighted by Gasteiger charge is 2.22. The van der Waals surface area contributed by atoms with E-state index in [9.17, 15) is 5.11 Å². The zero-order valence-electron chi connectivity index (χ0n) is 5.78. The van der Waals surface area contributed by atoms with Crippen molar-refractivity contribution in [3.05, 3.63) is 41.4 Å². The fourth-order valence-electron chi connectivity index (χ4n) is 1.02. The van der Waals surface area contributed by atoms with Gasteiger partial charge in [-0.05, 0) is 18.2 Å². The second-order valence-electron chi connectivity index (χ2n) is 2.26. The zero-order chi connectivity index (χ0) is 7.68. The zero-order valence-corrected chi connectivity index (χ0v) is 5.78. The molecule has 0 amide bonds. The molecule has 0 saturated carbocycles. The summed E-state index contributed by atoms with van der Waals surface area (Å²) in [4.78, 5) is 0. The van der Waals surface area contributed by atoms with Gasteiger partial charge in [0.2, 0.25) is 5.76 Å². The smallest absolute Gasteiger partial charge is 0.383 e. The minimum atomic E-state index is 0.208. The van der Waals surface area contributed by atoms with E-state index >= 15 is 0 Å². The van der Waals surface area contributed by atoms with Crippen LogP contribution in [-0.2, 0) is 0 Å². The number of allylic oxidation sites excluding steroid dienone is 4. The van der Waals surface area contributed by atoms with Gasteiger partial charge in [0.05, 0.1) is 0 Å². The van der Waals surface area contributed by atoms with Crippen molar-refractivity contribution < 1.29 is 5.11 Å². The van der Waals surface area contributed by atoms with E-state index in [-0.39, 0.29) is 5.76 Å². The van der Waals surface area contributed by atoms with Crippen LogP contribution in [0.5, 0.6) is 0 Å². The van der Waals surface area contributed by atoms with Crippen LogP contribution in [0.15, 0.2) is 41.4 Å². The minimum absolute atomic E-state index is 0.208. The summed E-state index contributed by atoms with van der Waals surface area (Å²) in [5, 5.41) is 9.29. The van der Waals surface area contributed by atoms with Gasteiger partial charge in [-0.25, -0.2) is 0 Å². The Morgan fingerprint density at radius 1 is 1.45 bits per heavy atom. The predicted molar refractivity (Wildman–Crippen MR) is 44.7 cm³/mol. The predicted octanol–water partition coefficient (Wildman–Crippen LogP) is 0.672. The molecule has 2 aliphatic rings. The van der Waals surface area contributed by atoms with Crippen LogP contribution in [0.25, 0.3) is 0 Å². The maximum absolute atomic E-state index is 9.29. The number of aliphatic hydroxyl groups is 1. The van der Waals surface area contributed by atoms with E-state index in [2.05, 4.69) is 10.4 Å². The van der Waals surface area contributed by atoms with Gasteiger partial charge < -0.3 is 5.11 Å². The SMILES string of the molecule is OC1=CC=C=C2C=CC=[N+]=C21. The van der Waals surface area contributed by atoms with E-state index in [0.29, 0.717) is 5.71 Å². The minimum Gasteiger partial charge on any atom is -0.501 e. The van der Waals surface area contributed by atoms with E-state index < -0.39 is 0 Å². The quantitative estimate of drug-likeness (QED) is 0.393. The highest BCUT2D eigenvalue weighted by Crippen LogP contribution is 2.09. The van der Waals surface area contributed by atoms with Crippen molar-refractivity contribution in [2.24, 2.45) is 0 Å². The Morgan fingerprint density at radius 3 is 3.18 bits per heavy atom. The molecule has 0 unspecified atom stereocenters. The van der Waals surface area contributed by atoms with Gasteiger partial charge in [0.1, 0.15) is 5.57 Å². The van der Waals surface area contributed by atoms with Gasteiger partial charge in [0.15, 0.2) is 0 Å². The first-order valence-electron chi connectivity index (χ1n) is 3.32. The Morgan fingerprint density at radius 2 is 2.36 bits per heavy atom. The first-order valence-corrected chi connectivity index (χ1v) is 3.32. The lowest BCUT2D eigenvalue weighted by Crippen LogP contribution is -2.12. The van der Waals surface area contributed by atoms with Crippen molar-refractivity contribution in [2.45, 2.75) is 0 Å². The van der Waals surface area contributed by atoms with E-state index in [0.717, 1.165) is 5.57 Å². The highest BCUT2D eigenvalue weighted by molar-refractivity contribution is 6.15. The molecule has 0 fully saturated rings. The van der Waals surface area contributed by atoms with Gasteiger partial charge in [0.25, 0.3) is 6.21 Å². The van der Waals surface area contributed by atoms with Crippen molar-refractivity contribution >= 4 is 11.9 Å². The van der Waals surface area contributed by atoms with Crippen LogP contribution in [0.1, 0.15) is 0 Å². The molecule has 1 aliphatic carbocycles. The second kappa shape index (κ2) is 2.14. The number of rotatable bonds is 0. The fraction of sp³-hybridized carbons (Fsp3) is 0. The van der Waals surface area contributed by atoms with Crippen LogP contribution in [0.4, 0.5) is 0 Å². The van der Waals surface area contributed by atoms with Crippen molar-refractivity contribution in [1.82, 2.24) is 4.67 Å². The number of hydrogen-bond acceptors (Lipinski definition) is 1. The van der Waals surface area contributed by atoms with Gasteiger partial charge in [-0.2, -0.15) is 0 Å². The maximum Gasteiger partial charge on any atom is 0.383 e. The van der Waals surface area contributed by atoms with Crippen molar-refractivity contribution in [3.8, 4) is 0 Å². The molecule has 0 aromatic carbocycles.